The van der Waals surface area contributed by atoms with Crippen LogP contribution < -0.4 is 4.31 Å². The maximum Gasteiger partial charge on any atom is 0.264 e. The molecule has 0 aliphatic carbocycles. The van der Waals surface area contributed by atoms with E-state index < -0.39 is 16.1 Å². The number of hydrogen-bond donors (Lipinski definition) is 1. The van der Waals surface area contributed by atoms with Crippen molar-refractivity contribution >= 4 is 15.7 Å². The van der Waals surface area contributed by atoms with Gasteiger partial charge in [0.2, 0.25) is 0 Å². The van der Waals surface area contributed by atoms with E-state index >= 15 is 0 Å². The van der Waals surface area contributed by atoms with Gasteiger partial charge in [-0.15, -0.1) is 0 Å². The van der Waals surface area contributed by atoms with Crippen LogP contribution in [0.25, 0.3) is 0 Å². The van der Waals surface area contributed by atoms with E-state index in [-0.39, 0.29) is 11.4 Å². The fraction of sp³-hybridized carbons (Fsp3) is 0.250. The van der Waals surface area contributed by atoms with Crippen molar-refractivity contribution < 1.29 is 13.5 Å². The number of fused-ring (bicyclic) bond motifs is 1. The van der Waals surface area contributed by atoms with Crippen molar-refractivity contribution in [2.24, 2.45) is 0 Å². The molecule has 0 saturated carbocycles. The molecule has 1 atom stereocenters. The zero-order valence-corrected chi connectivity index (χ0v) is 12.5. The molecule has 110 valence electrons. The van der Waals surface area contributed by atoms with Crippen molar-refractivity contribution in [3.63, 3.8) is 0 Å². The lowest BCUT2D eigenvalue weighted by molar-refractivity contribution is 0.166. The normalized spacial score (nSPS) is 18.4. The fourth-order valence-corrected chi connectivity index (χ4v) is 4.35. The highest BCUT2D eigenvalue weighted by Gasteiger charge is 2.33. The number of aliphatic hydroxyl groups excluding tert-OH is 1. The first kappa shape index (κ1) is 14.1. The molecule has 21 heavy (non-hydrogen) atoms. The second-order valence-corrected chi connectivity index (χ2v) is 7.07. The second-order valence-electron chi connectivity index (χ2n) is 5.21. The lowest BCUT2D eigenvalue weighted by Gasteiger charge is -2.34. The summed E-state index contributed by atoms with van der Waals surface area (Å²) in [4.78, 5) is 0.274. The van der Waals surface area contributed by atoms with Crippen molar-refractivity contribution in [2.45, 2.75) is 24.3 Å². The Bertz CT molecular complexity index is 756. The van der Waals surface area contributed by atoms with Gasteiger partial charge in [-0.05, 0) is 31.0 Å². The molecular weight excluding hydrogens is 286 g/mol. The third kappa shape index (κ3) is 2.32. The van der Waals surface area contributed by atoms with E-state index in [0.29, 0.717) is 17.7 Å². The van der Waals surface area contributed by atoms with E-state index in [1.165, 1.54) is 4.31 Å². The molecule has 5 heteroatoms. The summed E-state index contributed by atoms with van der Waals surface area (Å²) in [6.45, 7) is 2.15. The molecule has 1 N–H and O–H groups in total. The minimum Gasteiger partial charge on any atom is -0.388 e. The van der Waals surface area contributed by atoms with Gasteiger partial charge in [-0.2, -0.15) is 0 Å². The molecular formula is C16H17NO3S. The van der Waals surface area contributed by atoms with Gasteiger partial charge in [-0.25, -0.2) is 8.42 Å². The van der Waals surface area contributed by atoms with Gasteiger partial charge in [-0.1, -0.05) is 36.4 Å². The van der Waals surface area contributed by atoms with Gasteiger partial charge in [-0.3, -0.25) is 4.31 Å². The molecule has 0 radical (unpaired) electrons. The Kier molecular flexibility index (Phi) is 3.47. The number of rotatable bonds is 2. The van der Waals surface area contributed by atoms with Gasteiger partial charge in [0.1, 0.15) is 0 Å². The molecule has 0 saturated heterocycles. The third-order valence-corrected chi connectivity index (χ3v) is 5.63. The summed E-state index contributed by atoms with van der Waals surface area (Å²) in [5.41, 5.74) is 2.15. The van der Waals surface area contributed by atoms with Crippen LogP contribution in [-0.2, 0) is 10.0 Å². The Hall–Kier alpha value is -1.85. The molecule has 2 aromatic rings. The van der Waals surface area contributed by atoms with Gasteiger partial charge < -0.3 is 5.11 Å². The molecule has 1 unspecified atom stereocenters. The molecule has 3 rings (SSSR count). The molecule has 0 fully saturated rings. The lowest BCUT2D eigenvalue weighted by atomic mass is 9.98. The highest BCUT2D eigenvalue weighted by Crippen LogP contribution is 2.39. The highest BCUT2D eigenvalue weighted by atomic mass is 32.2. The minimum absolute atomic E-state index is 0.274. The monoisotopic (exact) mass is 303 g/mol. The zero-order valence-electron chi connectivity index (χ0n) is 11.7. The van der Waals surface area contributed by atoms with Crippen LogP contribution in [0, 0.1) is 6.92 Å². The first-order valence-electron chi connectivity index (χ1n) is 6.87. The molecule has 0 amide bonds. The number of aliphatic hydroxyl groups is 1. The standard InChI is InChI=1S/C16H17NO3S/c1-12-6-5-9-14-15(18)10-11-17(16(12)14)21(19,20)13-7-3-2-4-8-13/h2-9,15,18H,10-11H2,1H3. The first-order chi connectivity index (χ1) is 10.0. The van der Waals surface area contributed by atoms with Crippen molar-refractivity contribution in [3.8, 4) is 0 Å². The van der Waals surface area contributed by atoms with E-state index in [2.05, 4.69) is 0 Å². The van der Waals surface area contributed by atoms with Crippen molar-refractivity contribution in [1.82, 2.24) is 0 Å². The Morgan fingerprint density at radius 2 is 1.81 bits per heavy atom. The van der Waals surface area contributed by atoms with Crippen molar-refractivity contribution in [1.29, 1.82) is 0 Å². The highest BCUT2D eigenvalue weighted by molar-refractivity contribution is 7.92. The molecule has 1 aliphatic heterocycles. The molecule has 0 bridgehead atoms. The summed E-state index contributed by atoms with van der Waals surface area (Å²) in [6.07, 6.45) is -0.204. The maximum absolute atomic E-state index is 12.9. The van der Waals surface area contributed by atoms with Crippen LogP contribution in [0.3, 0.4) is 0 Å². The molecule has 1 heterocycles. The van der Waals surface area contributed by atoms with E-state index in [0.717, 1.165) is 5.56 Å². The van der Waals surface area contributed by atoms with E-state index in [1.807, 2.05) is 19.1 Å². The number of sulfonamides is 1. The van der Waals surface area contributed by atoms with Crippen LogP contribution in [0.2, 0.25) is 0 Å². The van der Waals surface area contributed by atoms with Gasteiger partial charge in [0.25, 0.3) is 10.0 Å². The topological polar surface area (TPSA) is 57.6 Å². The Morgan fingerprint density at radius 3 is 2.52 bits per heavy atom. The Labute approximate surface area is 124 Å². The average Bonchev–Trinajstić information content (AvgIpc) is 2.49. The SMILES string of the molecule is Cc1cccc2c1N(S(=O)(=O)c1ccccc1)CCC2O. The number of para-hydroxylation sites is 1. The lowest BCUT2D eigenvalue weighted by Crippen LogP contribution is -2.37. The van der Waals surface area contributed by atoms with Crippen LogP contribution in [-0.4, -0.2) is 20.1 Å². The summed E-state index contributed by atoms with van der Waals surface area (Å²) in [6, 6.07) is 13.9. The average molecular weight is 303 g/mol. The van der Waals surface area contributed by atoms with Gasteiger partial charge in [0.15, 0.2) is 0 Å². The maximum atomic E-state index is 12.9. The number of aryl methyl sites for hydroxylation is 1. The number of benzene rings is 2. The zero-order chi connectivity index (χ0) is 15.0. The second kappa shape index (κ2) is 5.16. The summed E-state index contributed by atoms with van der Waals surface area (Å²) >= 11 is 0. The minimum atomic E-state index is -3.60. The molecule has 0 aromatic heterocycles. The van der Waals surface area contributed by atoms with Gasteiger partial charge in [0.05, 0.1) is 16.7 Å². The molecule has 0 spiro atoms. The van der Waals surface area contributed by atoms with E-state index in [1.54, 1.807) is 36.4 Å². The first-order valence-corrected chi connectivity index (χ1v) is 8.31. The Balaban J connectivity index is 2.16. The fourth-order valence-electron chi connectivity index (χ4n) is 2.76. The summed E-state index contributed by atoms with van der Waals surface area (Å²) in [5, 5.41) is 10.1. The number of hydrogen-bond acceptors (Lipinski definition) is 3. The molecule has 1 aliphatic rings. The van der Waals surface area contributed by atoms with Crippen molar-refractivity contribution in [3.05, 3.63) is 59.7 Å². The van der Waals surface area contributed by atoms with Crippen molar-refractivity contribution in [2.75, 3.05) is 10.8 Å². The summed E-state index contributed by atoms with van der Waals surface area (Å²) in [5.74, 6) is 0. The van der Waals surface area contributed by atoms with Gasteiger partial charge in [0, 0.05) is 12.1 Å². The van der Waals surface area contributed by atoms with Gasteiger partial charge >= 0.3 is 0 Å². The smallest absolute Gasteiger partial charge is 0.264 e. The van der Waals surface area contributed by atoms with Crippen LogP contribution >= 0.6 is 0 Å². The molecule has 2 aromatic carbocycles. The summed E-state index contributed by atoms with van der Waals surface area (Å²) < 4.78 is 27.1. The largest absolute Gasteiger partial charge is 0.388 e. The number of anilines is 1. The summed E-state index contributed by atoms with van der Waals surface area (Å²) in [7, 11) is -3.60. The van der Waals surface area contributed by atoms with Crippen LogP contribution in [0.1, 0.15) is 23.7 Å². The Morgan fingerprint density at radius 1 is 1.10 bits per heavy atom. The van der Waals surface area contributed by atoms with E-state index in [9.17, 15) is 13.5 Å². The van der Waals surface area contributed by atoms with Crippen LogP contribution in [0.15, 0.2) is 53.4 Å². The van der Waals surface area contributed by atoms with Crippen LogP contribution in [0.4, 0.5) is 5.69 Å². The van der Waals surface area contributed by atoms with Crippen LogP contribution in [0.5, 0.6) is 0 Å². The third-order valence-electron chi connectivity index (χ3n) is 3.81. The number of nitrogens with zero attached hydrogens (tertiary/aromatic N) is 1. The predicted octanol–water partition coefficient (Wildman–Crippen LogP) is 2.63. The molecule has 4 nitrogen and oxygen atoms in total. The quantitative estimate of drug-likeness (QED) is 0.928. The van der Waals surface area contributed by atoms with E-state index in [4.69, 9.17) is 0 Å². The predicted molar refractivity (Wildman–Crippen MR) is 81.7 cm³/mol.